The SMILES string of the molecule is CCc1cc(Cl)c(OC)c(N2CCN(C[C@H](O)CCOC(N)=O)CC2)c1. The highest BCUT2D eigenvalue weighted by Gasteiger charge is 2.23. The van der Waals surface area contributed by atoms with E-state index < -0.39 is 12.2 Å². The quantitative estimate of drug-likeness (QED) is 0.710. The highest BCUT2D eigenvalue weighted by Crippen LogP contribution is 2.37. The Bertz CT molecular complexity index is 606. The molecule has 0 spiro atoms. The Morgan fingerprint density at radius 3 is 2.62 bits per heavy atom. The van der Waals surface area contributed by atoms with Crippen LogP contribution in [-0.4, -0.2) is 68.6 Å². The van der Waals surface area contributed by atoms with Crippen molar-refractivity contribution in [2.45, 2.75) is 25.9 Å². The lowest BCUT2D eigenvalue weighted by Crippen LogP contribution is -2.48. The van der Waals surface area contributed by atoms with E-state index in [1.807, 2.05) is 6.07 Å². The fourth-order valence-electron chi connectivity index (χ4n) is 3.13. The number of halogens is 1. The van der Waals surface area contributed by atoms with Crippen LogP contribution in [0.1, 0.15) is 18.9 Å². The number of aryl methyl sites for hydroxylation is 1. The number of anilines is 1. The first kappa shape index (κ1) is 20.6. The normalized spacial score (nSPS) is 16.4. The molecule has 1 aromatic rings. The number of carbonyl (C=O) groups excluding carboxylic acids is 1. The lowest BCUT2D eigenvalue weighted by Gasteiger charge is -2.37. The predicted octanol–water partition coefficient (Wildman–Crippen LogP) is 1.88. The number of nitrogens with two attached hydrogens (primary N) is 1. The van der Waals surface area contributed by atoms with Gasteiger partial charge in [-0.15, -0.1) is 0 Å². The van der Waals surface area contributed by atoms with Crippen molar-refractivity contribution in [3.63, 3.8) is 0 Å². The Hall–Kier alpha value is -1.70. The number of primary amides is 1. The number of piperazine rings is 1. The van der Waals surface area contributed by atoms with Gasteiger partial charge in [0.25, 0.3) is 0 Å². The van der Waals surface area contributed by atoms with Crippen molar-refractivity contribution >= 4 is 23.4 Å². The van der Waals surface area contributed by atoms with Gasteiger partial charge in [0.2, 0.25) is 0 Å². The van der Waals surface area contributed by atoms with Gasteiger partial charge in [-0.1, -0.05) is 18.5 Å². The molecule has 1 atom stereocenters. The number of carbonyl (C=O) groups is 1. The maximum absolute atomic E-state index is 10.5. The minimum Gasteiger partial charge on any atom is -0.493 e. The molecule has 1 aromatic carbocycles. The van der Waals surface area contributed by atoms with Crippen molar-refractivity contribution in [2.24, 2.45) is 5.73 Å². The van der Waals surface area contributed by atoms with E-state index in [1.165, 1.54) is 5.56 Å². The molecule has 0 saturated carbocycles. The topological polar surface area (TPSA) is 88.3 Å². The van der Waals surface area contributed by atoms with Gasteiger partial charge in [-0.3, -0.25) is 4.90 Å². The number of rotatable bonds is 8. The zero-order valence-electron chi connectivity index (χ0n) is 15.4. The summed E-state index contributed by atoms with van der Waals surface area (Å²) in [6.45, 7) is 6.08. The van der Waals surface area contributed by atoms with Crippen LogP contribution in [0.25, 0.3) is 0 Å². The third kappa shape index (κ3) is 5.65. The molecule has 1 fully saturated rings. The van der Waals surface area contributed by atoms with Crippen LogP contribution < -0.4 is 15.4 Å². The average molecular weight is 386 g/mol. The minimum absolute atomic E-state index is 0.135. The van der Waals surface area contributed by atoms with Crippen LogP contribution in [0.3, 0.4) is 0 Å². The zero-order chi connectivity index (χ0) is 19.1. The number of methoxy groups -OCH3 is 1. The molecule has 1 aliphatic heterocycles. The van der Waals surface area contributed by atoms with E-state index in [0.717, 1.165) is 38.3 Å². The summed E-state index contributed by atoms with van der Waals surface area (Å²) >= 11 is 6.36. The summed E-state index contributed by atoms with van der Waals surface area (Å²) in [6.07, 6.45) is -0.0671. The Morgan fingerprint density at radius 1 is 1.35 bits per heavy atom. The molecule has 26 heavy (non-hydrogen) atoms. The van der Waals surface area contributed by atoms with Crippen molar-refractivity contribution in [3.8, 4) is 5.75 Å². The second-order valence-corrected chi connectivity index (χ2v) is 6.79. The van der Waals surface area contributed by atoms with E-state index in [4.69, 9.17) is 22.1 Å². The van der Waals surface area contributed by atoms with Crippen molar-refractivity contribution in [2.75, 3.05) is 51.3 Å². The van der Waals surface area contributed by atoms with Crippen molar-refractivity contribution in [1.29, 1.82) is 0 Å². The number of aliphatic hydroxyl groups excluding tert-OH is 1. The highest BCUT2D eigenvalue weighted by atomic mass is 35.5. The van der Waals surface area contributed by atoms with E-state index in [2.05, 4.69) is 27.5 Å². The lowest BCUT2D eigenvalue weighted by molar-refractivity contribution is 0.0774. The van der Waals surface area contributed by atoms with E-state index in [1.54, 1.807) is 7.11 Å². The number of aliphatic hydroxyl groups is 1. The molecule has 1 heterocycles. The van der Waals surface area contributed by atoms with Crippen molar-refractivity contribution in [3.05, 3.63) is 22.7 Å². The first-order chi connectivity index (χ1) is 12.4. The van der Waals surface area contributed by atoms with Crippen LogP contribution >= 0.6 is 11.6 Å². The number of nitrogens with zero attached hydrogens (tertiary/aromatic N) is 2. The van der Waals surface area contributed by atoms with E-state index in [0.29, 0.717) is 23.7 Å². The molecule has 0 aromatic heterocycles. The fourth-order valence-corrected chi connectivity index (χ4v) is 3.44. The number of ether oxygens (including phenoxy) is 2. The molecule has 1 aliphatic rings. The summed E-state index contributed by atoms with van der Waals surface area (Å²) in [5.41, 5.74) is 7.11. The molecule has 0 radical (unpaired) electrons. The summed E-state index contributed by atoms with van der Waals surface area (Å²) in [4.78, 5) is 15.0. The number of hydrogen-bond donors (Lipinski definition) is 2. The molecule has 2 rings (SSSR count). The molecule has 1 amide bonds. The smallest absolute Gasteiger partial charge is 0.404 e. The van der Waals surface area contributed by atoms with Gasteiger partial charge in [0, 0.05) is 39.1 Å². The summed E-state index contributed by atoms with van der Waals surface area (Å²) in [5.74, 6) is 0.709. The standard InChI is InChI=1S/C18H28ClN3O4/c1-3-13-10-15(19)17(25-2)16(11-13)22-7-5-21(6-8-22)12-14(23)4-9-26-18(20)24/h10-11,14,23H,3-9,12H2,1-2H3,(H2,20,24)/t14-/m1/s1. The third-order valence-corrected chi connectivity index (χ3v) is 4.85. The second kappa shape index (κ2) is 9.85. The maximum atomic E-state index is 10.5. The van der Waals surface area contributed by atoms with Crippen molar-refractivity contribution in [1.82, 2.24) is 4.90 Å². The number of β-amino-alcohol motifs (C(OH)–C–C–N with tert-alkyl or cyclic N) is 1. The highest BCUT2D eigenvalue weighted by molar-refractivity contribution is 6.32. The summed E-state index contributed by atoms with van der Waals surface area (Å²) in [7, 11) is 1.64. The lowest BCUT2D eigenvalue weighted by atomic mass is 10.1. The molecule has 8 heteroatoms. The molecule has 3 N–H and O–H groups in total. The Kier molecular flexibility index (Phi) is 7.81. The van der Waals surface area contributed by atoms with Gasteiger partial charge in [0.1, 0.15) is 0 Å². The molecule has 146 valence electrons. The third-order valence-electron chi connectivity index (χ3n) is 4.57. The second-order valence-electron chi connectivity index (χ2n) is 6.38. The predicted molar refractivity (Wildman–Crippen MR) is 102 cm³/mol. The van der Waals surface area contributed by atoms with Crippen LogP contribution in [0.15, 0.2) is 12.1 Å². The van der Waals surface area contributed by atoms with Crippen molar-refractivity contribution < 1.29 is 19.4 Å². The molecule has 7 nitrogen and oxygen atoms in total. The van der Waals surface area contributed by atoms with E-state index >= 15 is 0 Å². The van der Waals surface area contributed by atoms with Gasteiger partial charge >= 0.3 is 6.09 Å². The van der Waals surface area contributed by atoms with Gasteiger partial charge in [-0.25, -0.2) is 4.79 Å². The molecular formula is C18H28ClN3O4. The molecular weight excluding hydrogens is 358 g/mol. The first-order valence-electron chi connectivity index (χ1n) is 8.88. The number of hydrogen-bond acceptors (Lipinski definition) is 6. The van der Waals surface area contributed by atoms with Crippen LogP contribution in [0.5, 0.6) is 5.75 Å². The molecule has 0 aliphatic carbocycles. The molecule has 1 saturated heterocycles. The average Bonchev–Trinajstić information content (AvgIpc) is 2.61. The van der Waals surface area contributed by atoms with Gasteiger partial charge in [0.05, 0.1) is 30.5 Å². The molecule has 0 bridgehead atoms. The van der Waals surface area contributed by atoms with Crippen LogP contribution in [0.4, 0.5) is 10.5 Å². The minimum atomic E-state index is -0.812. The van der Waals surface area contributed by atoms with Gasteiger partial charge < -0.3 is 25.2 Å². The first-order valence-corrected chi connectivity index (χ1v) is 9.26. The largest absolute Gasteiger partial charge is 0.493 e. The van der Waals surface area contributed by atoms with Gasteiger partial charge in [-0.05, 0) is 24.1 Å². The summed E-state index contributed by atoms with van der Waals surface area (Å²) < 4.78 is 10.2. The van der Waals surface area contributed by atoms with E-state index in [-0.39, 0.29) is 6.61 Å². The van der Waals surface area contributed by atoms with Gasteiger partial charge in [0.15, 0.2) is 5.75 Å². The number of benzene rings is 1. The Morgan fingerprint density at radius 2 is 2.04 bits per heavy atom. The van der Waals surface area contributed by atoms with Gasteiger partial charge in [-0.2, -0.15) is 0 Å². The van der Waals surface area contributed by atoms with Crippen LogP contribution in [-0.2, 0) is 11.2 Å². The Labute approximate surface area is 159 Å². The monoisotopic (exact) mass is 385 g/mol. The molecule has 0 unspecified atom stereocenters. The maximum Gasteiger partial charge on any atom is 0.404 e. The van der Waals surface area contributed by atoms with Crippen LogP contribution in [0.2, 0.25) is 5.02 Å². The summed E-state index contributed by atoms with van der Waals surface area (Å²) in [5, 5.41) is 10.7. The Balaban J connectivity index is 1.90. The number of amides is 1. The summed E-state index contributed by atoms with van der Waals surface area (Å²) in [6, 6.07) is 4.08. The van der Waals surface area contributed by atoms with Crippen LogP contribution in [0, 0.1) is 0 Å². The fraction of sp³-hybridized carbons (Fsp3) is 0.611. The zero-order valence-corrected chi connectivity index (χ0v) is 16.2. The van der Waals surface area contributed by atoms with E-state index in [9.17, 15) is 9.90 Å².